The molecule has 0 saturated carbocycles. The van der Waals surface area contributed by atoms with Gasteiger partial charge in [0.1, 0.15) is 12.4 Å². The van der Waals surface area contributed by atoms with E-state index in [4.69, 9.17) is 5.11 Å². The molecule has 2 aliphatic heterocycles. The molecule has 0 aromatic rings. The van der Waals surface area contributed by atoms with Gasteiger partial charge in [-0.2, -0.15) is 0 Å². The van der Waals surface area contributed by atoms with Crippen molar-refractivity contribution in [3.8, 4) is 0 Å². The summed E-state index contributed by atoms with van der Waals surface area (Å²) in [5, 5.41) is 20.4. The van der Waals surface area contributed by atoms with Crippen molar-refractivity contribution in [1.29, 1.82) is 0 Å². The van der Waals surface area contributed by atoms with Crippen LogP contribution >= 0.6 is 0 Å². The minimum absolute atomic E-state index is 0.00969. The molecule has 0 radical (unpaired) electrons. The molecule has 6 nitrogen and oxygen atoms in total. The Morgan fingerprint density at radius 3 is 2.83 bits per heavy atom. The maximum absolute atomic E-state index is 13.8. The van der Waals surface area contributed by atoms with Crippen molar-refractivity contribution in [3.63, 3.8) is 0 Å². The highest BCUT2D eigenvalue weighted by molar-refractivity contribution is 5.89. The second-order valence-electron chi connectivity index (χ2n) is 4.00. The van der Waals surface area contributed by atoms with Crippen LogP contribution in [-0.4, -0.2) is 52.0 Å². The van der Waals surface area contributed by atoms with Gasteiger partial charge in [-0.3, -0.25) is 4.79 Å². The number of amides is 1. The van der Waals surface area contributed by atoms with E-state index in [1.807, 2.05) is 0 Å². The number of nitrogens with one attached hydrogen (secondary N) is 1. The van der Waals surface area contributed by atoms with Gasteiger partial charge in [0.15, 0.2) is 18.5 Å². The van der Waals surface area contributed by atoms with Crippen molar-refractivity contribution in [2.45, 2.75) is 24.4 Å². The molecule has 0 aliphatic carbocycles. The Morgan fingerprint density at radius 2 is 2.33 bits per heavy atom. The minimum Gasteiger partial charge on any atom is -0.390 e. The molecule has 0 spiro atoms. The Labute approximate surface area is 101 Å². The van der Waals surface area contributed by atoms with Gasteiger partial charge < -0.3 is 25.2 Å². The summed E-state index contributed by atoms with van der Waals surface area (Å²) in [7, 11) is 0. The zero-order valence-corrected chi connectivity index (χ0v) is 9.22. The fourth-order valence-electron chi connectivity index (χ4n) is 1.79. The second-order valence-corrected chi connectivity index (χ2v) is 4.00. The number of hydrogen-bond donors (Lipinski definition) is 3. The number of carbonyl (C=O) groups is 1. The lowest BCUT2D eigenvalue weighted by atomic mass is 10.1. The quantitative estimate of drug-likeness (QED) is 0.602. The van der Waals surface area contributed by atoms with E-state index in [1.165, 1.54) is 0 Å². The molecule has 0 unspecified atom stereocenters. The molecule has 8 heteroatoms. The number of carbonyl (C=O) groups excluding carboxylic acids is 1. The Bertz CT molecular complexity index is 417. The van der Waals surface area contributed by atoms with E-state index in [0.717, 1.165) is 17.2 Å². The first kappa shape index (κ1) is 12.9. The molecule has 1 saturated heterocycles. The largest absolute Gasteiger partial charge is 0.390 e. The molecule has 3 N–H and O–H groups in total. The average molecular weight is 262 g/mol. The first-order valence-electron chi connectivity index (χ1n) is 5.15. The van der Waals surface area contributed by atoms with E-state index in [-0.39, 0.29) is 5.82 Å². The van der Waals surface area contributed by atoms with Gasteiger partial charge in [-0.1, -0.05) is 6.58 Å². The summed E-state index contributed by atoms with van der Waals surface area (Å²) in [5.74, 6) is -3.34. The van der Waals surface area contributed by atoms with Crippen LogP contribution in [0.15, 0.2) is 24.7 Å². The smallest absolute Gasteiger partial charge is 0.263 e. The maximum Gasteiger partial charge on any atom is 0.263 e. The van der Waals surface area contributed by atoms with Gasteiger partial charge in [0.05, 0.1) is 0 Å². The molecular weight excluding hydrogens is 250 g/mol. The van der Waals surface area contributed by atoms with Crippen molar-refractivity contribution in [3.05, 3.63) is 24.7 Å². The molecule has 0 aromatic carbocycles. The third-order valence-corrected chi connectivity index (χ3v) is 2.79. The van der Waals surface area contributed by atoms with E-state index in [9.17, 15) is 18.7 Å². The van der Waals surface area contributed by atoms with E-state index in [0.29, 0.717) is 0 Å². The van der Waals surface area contributed by atoms with Crippen molar-refractivity contribution in [1.82, 2.24) is 10.2 Å². The Kier molecular flexibility index (Phi) is 3.09. The van der Waals surface area contributed by atoms with Crippen molar-refractivity contribution in [2.75, 3.05) is 6.61 Å². The van der Waals surface area contributed by atoms with Crippen molar-refractivity contribution in [2.24, 2.45) is 0 Å². The molecule has 1 amide bonds. The normalized spacial score (nSPS) is 40.2. The molecular formula is C10H12F2N2O4. The van der Waals surface area contributed by atoms with Crippen LogP contribution in [0, 0.1) is 0 Å². The van der Waals surface area contributed by atoms with Crippen LogP contribution in [0.1, 0.15) is 0 Å². The summed E-state index contributed by atoms with van der Waals surface area (Å²) in [6.45, 7) is 2.27. The predicted octanol–water partition coefficient (Wildman–Crippen LogP) is -0.884. The summed E-state index contributed by atoms with van der Waals surface area (Å²) in [6.07, 6.45) is -3.49. The highest BCUT2D eigenvalue weighted by Gasteiger charge is 2.58. The lowest BCUT2D eigenvalue weighted by Gasteiger charge is -2.31. The van der Waals surface area contributed by atoms with E-state index < -0.39 is 36.9 Å². The molecule has 0 bridgehead atoms. The number of alkyl halides is 2. The minimum atomic E-state index is -2.88. The lowest BCUT2D eigenvalue weighted by molar-refractivity contribution is -0.209. The number of ether oxygens (including phenoxy) is 1. The lowest BCUT2D eigenvalue weighted by Crippen LogP contribution is -2.45. The summed E-state index contributed by atoms with van der Waals surface area (Å²) in [4.78, 5) is 12.0. The molecule has 1 fully saturated rings. The molecule has 4 atom stereocenters. The topological polar surface area (TPSA) is 82.0 Å². The van der Waals surface area contributed by atoms with E-state index in [1.54, 1.807) is 0 Å². The molecule has 2 rings (SSSR count). The first-order chi connectivity index (χ1) is 8.39. The van der Waals surface area contributed by atoms with Crippen LogP contribution in [0.3, 0.4) is 0 Å². The second kappa shape index (κ2) is 4.30. The fraction of sp³-hybridized carbons (Fsp3) is 0.500. The Morgan fingerprint density at radius 1 is 1.67 bits per heavy atom. The van der Waals surface area contributed by atoms with Crippen LogP contribution in [0.25, 0.3) is 0 Å². The summed E-state index contributed by atoms with van der Waals surface area (Å²) < 4.78 is 32.2. The van der Waals surface area contributed by atoms with Crippen LogP contribution in [-0.2, 0) is 9.53 Å². The van der Waals surface area contributed by atoms with Gasteiger partial charge in [0, 0.05) is 12.3 Å². The average Bonchev–Trinajstić information content (AvgIpc) is 2.55. The Balaban J connectivity index is 2.23. The first-order valence-corrected chi connectivity index (χ1v) is 5.15. The summed E-state index contributed by atoms with van der Waals surface area (Å²) in [6, 6.07) is 0. The third kappa shape index (κ3) is 1.88. The van der Waals surface area contributed by atoms with Crippen LogP contribution in [0.4, 0.5) is 8.78 Å². The number of aliphatic hydroxyl groups excluding tert-OH is 2. The predicted molar refractivity (Wildman–Crippen MR) is 55.0 cm³/mol. The van der Waals surface area contributed by atoms with E-state index >= 15 is 0 Å². The van der Waals surface area contributed by atoms with Gasteiger partial charge in [0.2, 0.25) is 0 Å². The number of rotatable bonds is 2. The maximum atomic E-state index is 13.8. The van der Waals surface area contributed by atoms with Crippen molar-refractivity contribution >= 4 is 5.91 Å². The van der Waals surface area contributed by atoms with Crippen molar-refractivity contribution < 1.29 is 28.5 Å². The zero-order chi connectivity index (χ0) is 13.5. The Hall–Kier alpha value is -1.51. The molecule has 100 valence electrons. The summed E-state index contributed by atoms with van der Waals surface area (Å²) in [5.41, 5.74) is 0. The number of aliphatic hydroxyl groups is 2. The van der Waals surface area contributed by atoms with Crippen LogP contribution in [0.2, 0.25) is 0 Å². The van der Waals surface area contributed by atoms with E-state index in [2.05, 4.69) is 16.6 Å². The monoisotopic (exact) mass is 262 g/mol. The fourth-order valence-corrected chi connectivity index (χ4v) is 1.79. The highest BCUT2D eigenvalue weighted by Crippen LogP contribution is 2.37. The SMILES string of the molecule is C=C1NC(=O)C=CN1[C@@H]1O[C@](F)(CO)[C@@H](O)[C@H]1F. The van der Waals surface area contributed by atoms with Gasteiger partial charge in [-0.25, -0.2) is 8.78 Å². The molecule has 0 aromatic heterocycles. The number of halogens is 2. The molecule has 2 aliphatic rings. The van der Waals surface area contributed by atoms with Gasteiger partial charge in [-0.15, -0.1) is 0 Å². The van der Waals surface area contributed by atoms with Gasteiger partial charge in [-0.05, 0) is 0 Å². The van der Waals surface area contributed by atoms with Gasteiger partial charge in [0.25, 0.3) is 11.8 Å². The number of hydrogen-bond acceptors (Lipinski definition) is 5. The highest BCUT2D eigenvalue weighted by atomic mass is 19.2. The number of nitrogens with zero attached hydrogens (tertiary/aromatic N) is 1. The summed E-state index contributed by atoms with van der Waals surface area (Å²) >= 11 is 0. The zero-order valence-electron chi connectivity index (χ0n) is 9.22. The van der Waals surface area contributed by atoms with Crippen LogP contribution in [0.5, 0.6) is 0 Å². The van der Waals surface area contributed by atoms with Crippen LogP contribution < -0.4 is 5.32 Å². The third-order valence-electron chi connectivity index (χ3n) is 2.79. The van der Waals surface area contributed by atoms with Gasteiger partial charge >= 0.3 is 0 Å². The standard InChI is InChI=1S/C10H12F2N2O4/c1-5-13-6(16)2-3-14(5)9-7(11)8(17)10(12,4-15)18-9/h2-3,7-9,15,17H,1,4H2,(H,13,16)/t7-,8+,9-,10-/m1/s1. The molecule has 2 heterocycles. The molecule has 18 heavy (non-hydrogen) atoms.